The summed E-state index contributed by atoms with van der Waals surface area (Å²) < 4.78 is 3.18. The molecule has 3 aromatic rings. The third kappa shape index (κ3) is 3.02. The second-order valence-electron chi connectivity index (χ2n) is 4.53. The van der Waals surface area contributed by atoms with Crippen LogP contribution in [-0.2, 0) is 6.42 Å². The second-order valence-corrected chi connectivity index (χ2v) is 6.94. The predicted molar refractivity (Wildman–Crippen MR) is 98.2 cm³/mol. The van der Waals surface area contributed by atoms with Crippen molar-refractivity contribution in [2.75, 3.05) is 5.88 Å². The van der Waals surface area contributed by atoms with E-state index in [0.717, 1.165) is 31.1 Å². The molecule has 6 heteroatoms. The van der Waals surface area contributed by atoms with Gasteiger partial charge in [-0.2, -0.15) is 0 Å². The lowest BCUT2D eigenvalue weighted by Gasteiger charge is -2.11. The van der Waals surface area contributed by atoms with Crippen LogP contribution in [0.5, 0.6) is 0 Å². The van der Waals surface area contributed by atoms with E-state index in [2.05, 4.69) is 32.1 Å². The first-order valence-corrected chi connectivity index (χ1v) is 8.65. The third-order valence-electron chi connectivity index (χ3n) is 3.15. The quantitative estimate of drug-likeness (QED) is 0.368. The van der Waals surface area contributed by atoms with Gasteiger partial charge in [-0.3, -0.25) is 4.57 Å². The molecule has 0 bridgehead atoms. The Balaban J connectivity index is 2.30. The molecule has 108 valence electrons. The number of aromatic nitrogens is 2. The summed E-state index contributed by atoms with van der Waals surface area (Å²) in [6.45, 7) is 0. The fourth-order valence-corrected chi connectivity index (χ4v) is 3.74. The van der Waals surface area contributed by atoms with Crippen molar-refractivity contribution in [2.45, 2.75) is 6.42 Å². The maximum Gasteiger partial charge on any atom is 0.115 e. The third-order valence-corrected chi connectivity index (χ3v) is 4.68. The maximum atomic E-state index is 6.06. The van der Waals surface area contributed by atoms with E-state index >= 15 is 0 Å². The highest BCUT2D eigenvalue weighted by atomic mass is 127. The molecule has 21 heavy (non-hydrogen) atoms. The Bertz CT molecular complexity index is 814. The summed E-state index contributed by atoms with van der Waals surface area (Å²) in [5, 5.41) is 1.39. The zero-order chi connectivity index (χ0) is 15.0. The van der Waals surface area contributed by atoms with Gasteiger partial charge >= 0.3 is 0 Å². The van der Waals surface area contributed by atoms with Gasteiger partial charge in [0.25, 0.3) is 0 Å². The van der Waals surface area contributed by atoms with Crippen LogP contribution in [0.3, 0.4) is 0 Å². The molecule has 0 saturated heterocycles. The van der Waals surface area contributed by atoms with E-state index in [0.29, 0.717) is 17.3 Å². The molecule has 0 aliphatic rings. The minimum absolute atomic E-state index is 0.515. The SMILES string of the molecule is ClCCc1nc2cc(Cl)ccc2n1-c1ccc(Cl)cc1I. The molecule has 3 rings (SSSR count). The van der Waals surface area contributed by atoms with Gasteiger partial charge in [-0.25, -0.2) is 4.98 Å². The molecule has 0 aliphatic heterocycles. The van der Waals surface area contributed by atoms with Gasteiger partial charge in [-0.05, 0) is 59.0 Å². The molecule has 0 N–H and O–H groups in total. The summed E-state index contributed by atoms with van der Waals surface area (Å²) in [7, 11) is 0. The normalized spacial score (nSPS) is 11.2. The average molecular weight is 452 g/mol. The molecule has 1 aromatic heterocycles. The molecule has 0 radical (unpaired) electrons. The summed E-state index contributed by atoms with van der Waals surface area (Å²) >= 11 is 20.3. The van der Waals surface area contributed by atoms with Crippen LogP contribution in [0.4, 0.5) is 0 Å². The van der Waals surface area contributed by atoms with Crippen molar-refractivity contribution in [1.29, 1.82) is 0 Å². The molecule has 0 fully saturated rings. The molecule has 2 aromatic carbocycles. The smallest absolute Gasteiger partial charge is 0.115 e. The number of nitrogens with zero attached hydrogens (tertiary/aromatic N) is 2. The van der Waals surface area contributed by atoms with Gasteiger partial charge in [0, 0.05) is 25.9 Å². The average Bonchev–Trinajstić information content (AvgIpc) is 2.76. The Kier molecular flexibility index (Phi) is 4.64. The summed E-state index contributed by atoms with van der Waals surface area (Å²) in [4.78, 5) is 4.66. The number of alkyl halides is 1. The highest BCUT2D eigenvalue weighted by Crippen LogP contribution is 2.28. The highest BCUT2D eigenvalue weighted by molar-refractivity contribution is 14.1. The van der Waals surface area contributed by atoms with Gasteiger partial charge in [0.1, 0.15) is 5.82 Å². The van der Waals surface area contributed by atoms with Crippen molar-refractivity contribution >= 4 is 68.4 Å². The molecule has 0 unspecified atom stereocenters. The maximum absolute atomic E-state index is 6.06. The van der Waals surface area contributed by atoms with E-state index < -0.39 is 0 Å². The molecule has 0 spiro atoms. The Hall–Kier alpha value is -0.490. The van der Waals surface area contributed by atoms with Crippen molar-refractivity contribution < 1.29 is 0 Å². The molecule has 0 saturated carbocycles. The monoisotopic (exact) mass is 450 g/mol. The Labute approximate surface area is 151 Å². The van der Waals surface area contributed by atoms with Crippen LogP contribution >= 0.6 is 57.4 Å². The molecule has 0 aliphatic carbocycles. The van der Waals surface area contributed by atoms with Gasteiger partial charge in [0.15, 0.2) is 0 Å². The van der Waals surface area contributed by atoms with Crippen molar-refractivity contribution in [3.8, 4) is 5.69 Å². The van der Waals surface area contributed by atoms with Crippen LogP contribution in [0.1, 0.15) is 5.82 Å². The van der Waals surface area contributed by atoms with Crippen LogP contribution in [0.25, 0.3) is 16.7 Å². The lowest BCUT2D eigenvalue weighted by atomic mass is 10.2. The standard InChI is InChI=1S/C15H10Cl3IN2/c16-6-5-15-20-12-8-10(18)2-4-14(12)21(15)13-3-1-9(17)7-11(13)19/h1-4,7-8H,5-6H2. The summed E-state index contributed by atoms with van der Waals surface area (Å²) in [5.41, 5.74) is 2.93. The number of imidazole rings is 1. The van der Waals surface area contributed by atoms with Crippen LogP contribution in [0.15, 0.2) is 36.4 Å². The second kappa shape index (κ2) is 6.32. The van der Waals surface area contributed by atoms with Crippen molar-refractivity contribution in [1.82, 2.24) is 9.55 Å². The first-order chi connectivity index (χ1) is 10.1. The predicted octanol–water partition coefficient (Wildman–Crippen LogP) is 5.72. The number of fused-ring (bicyclic) bond motifs is 1. The van der Waals surface area contributed by atoms with Crippen LogP contribution in [0, 0.1) is 3.57 Å². The topological polar surface area (TPSA) is 17.8 Å². The van der Waals surface area contributed by atoms with Crippen molar-refractivity contribution in [3.63, 3.8) is 0 Å². The van der Waals surface area contributed by atoms with E-state index in [1.165, 1.54) is 0 Å². The van der Waals surface area contributed by atoms with E-state index in [4.69, 9.17) is 34.8 Å². The summed E-state index contributed by atoms with van der Waals surface area (Å²) in [6, 6.07) is 11.5. The van der Waals surface area contributed by atoms with Crippen LogP contribution < -0.4 is 0 Å². The lowest BCUT2D eigenvalue weighted by molar-refractivity contribution is 0.909. The number of hydrogen-bond donors (Lipinski definition) is 0. The van der Waals surface area contributed by atoms with E-state index in [-0.39, 0.29) is 0 Å². The molecular formula is C15H10Cl3IN2. The van der Waals surface area contributed by atoms with Gasteiger partial charge in [0.2, 0.25) is 0 Å². The van der Waals surface area contributed by atoms with E-state index in [1.807, 2.05) is 36.4 Å². The van der Waals surface area contributed by atoms with Crippen molar-refractivity contribution in [3.05, 3.63) is 55.8 Å². The first kappa shape index (κ1) is 15.4. The Morgan fingerprint density at radius 2 is 1.76 bits per heavy atom. The molecule has 1 heterocycles. The Morgan fingerprint density at radius 1 is 1.05 bits per heavy atom. The minimum atomic E-state index is 0.515. The zero-order valence-electron chi connectivity index (χ0n) is 10.8. The molecule has 0 amide bonds. The highest BCUT2D eigenvalue weighted by Gasteiger charge is 2.14. The number of rotatable bonds is 3. The molecule has 0 atom stereocenters. The van der Waals surface area contributed by atoms with E-state index in [9.17, 15) is 0 Å². The van der Waals surface area contributed by atoms with Crippen LogP contribution in [0.2, 0.25) is 10.0 Å². The van der Waals surface area contributed by atoms with Gasteiger partial charge in [-0.15, -0.1) is 11.6 Å². The zero-order valence-corrected chi connectivity index (χ0v) is 15.2. The fraction of sp³-hybridized carbons (Fsp3) is 0.133. The number of halogens is 4. The van der Waals surface area contributed by atoms with Crippen LogP contribution in [-0.4, -0.2) is 15.4 Å². The molecule has 2 nitrogen and oxygen atoms in total. The summed E-state index contributed by atoms with van der Waals surface area (Å²) in [5.74, 6) is 1.43. The van der Waals surface area contributed by atoms with Crippen molar-refractivity contribution in [2.24, 2.45) is 0 Å². The lowest BCUT2D eigenvalue weighted by Crippen LogP contribution is -2.04. The van der Waals surface area contributed by atoms with E-state index in [1.54, 1.807) is 0 Å². The Morgan fingerprint density at radius 3 is 2.48 bits per heavy atom. The number of aryl methyl sites for hydroxylation is 1. The van der Waals surface area contributed by atoms with Gasteiger partial charge < -0.3 is 0 Å². The minimum Gasteiger partial charge on any atom is -0.295 e. The summed E-state index contributed by atoms with van der Waals surface area (Å²) in [6.07, 6.45) is 0.687. The van der Waals surface area contributed by atoms with Gasteiger partial charge in [-0.1, -0.05) is 23.2 Å². The number of hydrogen-bond acceptors (Lipinski definition) is 1. The first-order valence-electron chi connectivity index (χ1n) is 6.28. The van der Waals surface area contributed by atoms with Gasteiger partial charge in [0.05, 0.1) is 16.7 Å². The molecular weight excluding hydrogens is 441 g/mol. The number of benzene rings is 2. The fourth-order valence-electron chi connectivity index (χ4n) is 2.29. The largest absolute Gasteiger partial charge is 0.295 e.